The molecular formula is C7H6ClNOS2. The molecule has 0 radical (unpaired) electrons. The normalized spacial score (nSPS) is 21.2. The van der Waals surface area contributed by atoms with Crippen LogP contribution >= 0.6 is 22.4 Å². The summed E-state index contributed by atoms with van der Waals surface area (Å²) in [5.41, 5.74) is 0.989. The van der Waals surface area contributed by atoms with Crippen molar-refractivity contribution in [1.29, 1.82) is 0 Å². The van der Waals surface area contributed by atoms with Gasteiger partial charge >= 0.3 is 0 Å². The molecule has 0 saturated carbocycles. The Balaban J connectivity index is 2.54. The van der Waals surface area contributed by atoms with Crippen molar-refractivity contribution in [3.63, 3.8) is 0 Å². The van der Waals surface area contributed by atoms with Crippen LogP contribution in [0.1, 0.15) is 0 Å². The molecule has 1 aromatic carbocycles. The molecule has 1 aliphatic heterocycles. The molecule has 2 rings (SSSR count). The lowest BCUT2D eigenvalue weighted by Crippen LogP contribution is -2.11. The van der Waals surface area contributed by atoms with Gasteiger partial charge in [-0.05, 0) is 29.0 Å². The minimum Gasteiger partial charge on any atom is -0.285 e. The predicted octanol–water partition coefficient (Wildman–Crippen LogP) is 2.46. The van der Waals surface area contributed by atoms with E-state index in [1.54, 1.807) is 10.4 Å². The zero-order valence-electron chi connectivity index (χ0n) is 6.28. The molecule has 1 heterocycles. The third-order valence-corrected chi connectivity index (χ3v) is 4.81. The van der Waals surface area contributed by atoms with Gasteiger partial charge in [0.2, 0.25) is 0 Å². The Kier molecular flexibility index (Phi) is 2.06. The fourth-order valence-corrected chi connectivity index (χ4v) is 3.81. The van der Waals surface area contributed by atoms with Crippen LogP contribution in [0.5, 0.6) is 0 Å². The van der Waals surface area contributed by atoms with Crippen molar-refractivity contribution >= 4 is 38.1 Å². The average molecular weight is 220 g/mol. The highest BCUT2D eigenvalue weighted by atomic mass is 35.5. The average Bonchev–Trinajstić information content (AvgIpc) is 2.28. The Hall–Kier alpha value is -0.190. The number of hydrogen-bond acceptors (Lipinski definition) is 2. The van der Waals surface area contributed by atoms with E-state index >= 15 is 0 Å². The SMILES string of the molecule is CN1c2ccc(Cl)cc2SS1=O. The van der Waals surface area contributed by atoms with Crippen molar-refractivity contribution in [3.8, 4) is 0 Å². The predicted molar refractivity (Wildman–Crippen MR) is 53.9 cm³/mol. The molecule has 0 aromatic heterocycles. The summed E-state index contributed by atoms with van der Waals surface area (Å²) < 4.78 is 13.0. The summed E-state index contributed by atoms with van der Waals surface area (Å²) in [4.78, 5) is 0.989. The quantitative estimate of drug-likeness (QED) is 0.625. The fourth-order valence-electron chi connectivity index (χ4n) is 1.03. The first kappa shape index (κ1) is 8.41. The van der Waals surface area contributed by atoms with Crippen molar-refractivity contribution in [2.75, 3.05) is 11.4 Å². The van der Waals surface area contributed by atoms with Gasteiger partial charge in [0, 0.05) is 17.0 Å². The van der Waals surface area contributed by atoms with E-state index in [2.05, 4.69) is 0 Å². The molecule has 12 heavy (non-hydrogen) atoms. The number of halogens is 1. The Morgan fingerprint density at radius 2 is 2.33 bits per heavy atom. The van der Waals surface area contributed by atoms with Crippen LogP contribution < -0.4 is 4.31 Å². The van der Waals surface area contributed by atoms with Gasteiger partial charge in [-0.2, -0.15) is 0 Å². The van der Waals surface area contributed by atoms with Gasteiger partial charge in [0.15, 0.2) is 10.0 Å². The van der Waals surface area contributed by atoms with Crippen LogP contribution in [-0.4, -0.2) is 11.3 Å². The van der Waals surface area contributed by atoms with Crippen LogP contribution in [0, 0.1) is 0 Å². The maximum Gasteiger partial charge on any atom is 0.186 e. The molecule has 0 fully saturated rings. The zero-order chi connectivity index (χ0) is 8.72. The van der Waals surface area contributed by atoms with E-state index in [1.165, 1.54) is 10.8 Å². The van der Waals surface area contributed by atoms with Gasteiger partial charge in [-0.1, -0.05) is 11.6 Å². The maximum absolute atomic E-state index is 11.3. The number of hydrogen-bond donors (Lipinski definition) is 0. The lowest BCUT2D eigenvalue weighted by atomic mass is 10.3. The number of fused-ring (bicyclic) bond motifs is 1. The van der Waals surface area contributed by atoms with Crippen LogP contribution in [0.4, 0.5) is 5.69 Å². The molecule has 64 valence electrons. The molecule has 1 atom stereocenters. The summed E-state index contributed by atoms with van der Waals surface area (Å²) in [6, 6.07) is 5.53. The van der Waals surface area contributed by atoms with E-state index in [9.17, 15) is 4.21 Å². The van der Waals surface area contributed by atoms with Crippen LogP contribution in [0.2, 0.25) is 5.02 Å². The molecule has 5 heteroatoms. The molecule has 0 N–H and O–H groups in total. The van der Waals surface area contributed by atoms with Crippen molar-refractivity contribution in [2.24, 2.45) is 0 Å². The topological polar surface area (TPSA) is 20.3 Å². The highest BCUT2D eigenvalue weighted by Crippen LogP contribution is 2.42. The van der Waals surface area contributed by atoms with E-state index in [0.717, 1.165) is 10.6 Å². The Morgan fingerprint density at radius 1 is 1.58 bits per heavy atom. The second-order valence-electron chi connectivity index (χ2n) is 2.41. The Bertz CT molecular complexity index is 355. The first-order chi connectivity index (χ1) is 5.68. The lowest BCUT2D eigenvalue weighted by molar-refractivity contribution is 0.691. The van der Waals surface area contributed by atoms with Crippen molar-refractivity contribution < 1.29 is 4.21 Å². The van der Waals surface area contributed by atoms with Gasteiger partial charge in [-0.3, -0.25) is 4.31 Å². The third kappa shape index (κ3) is 1.24. The van der Waals surface area contributed by atoms with E-state index in [1.807, 2.05) is 19.2 Å². The molecule has 0 bridgehead atoms. The van der Waals surface area contributed by atoms with Crippen LogP contribution in [0.25, 0.3) is 0 Å². The minimum absolute atomic E-state index is 0.688. The van der Waals surface area contributed by atoms with Crippen LogP contribution in [0.3, 0.4) is 0 Å². The Labute approximate surface area is 81.9 Å². The largest absolute Gasteiger partial charge is 0.285 e. The highest BCUT2D eigenvalue weighted by molar-refractivity contribution is 8.70. The molecule has 0 amide bonds. The summed E-state index contributed by atoms with van der Waals surface area (Å²) in [6.07, 6.45) is 0. The maximum atomic E-state index is 11.3. The number of rotatable bonds is 0. The first-order valence-corrected chi connectivity index (χ1v) is 6.14. The van der Waals surface area contributed by atoms with Gasteiger partial charge in [-0.25, -0.2) is 4.21 Å². The summed E-state index contributed by atoms with van der Waals surface area (Å²) in [6.45, 7) is 0. The molecule has 1 aliphatic rings. The summed E-state index contributed by atoms with van der Waals surface area (Å²) in [5, 5.41) is 0.688. The molecule has 0 aliphatic carbocycles. The summed E-state index contributed by atoms with van der Waals surface area (Å²) in [7, 11) is 2.15. The fraction of sp³-hybridized carbons (Fsp3) is 0.143. The molecule has 1 aromatic rings. The Morgan fingerprint density at radius 3 is 3.08 bits per heavy atom. The second kappa shape index (κ2) is 2.94. The van der Waals surface area contributed by atoms with Gasteiger partial charge < -0.3 is 0 Å². The third-order valence-electron chi connectivity index (χ3n) is 1.65. The molecule has 2 nitrogen and oxygen atoms in total. The second-order valence-corrected chi connectivity index (χ2v) is 5.79. The molecule has 0 saturated heterocycles. The van der Waals surface area contributed by atoms with E-state index in [4.69, 9.17) is 11.6 Å². The van der Waals surface area contributed by atoms with E-state index in [0.29, 0.717) is 5.02 Å². The number of anilines is 1. The number of nitrogens with zero attached hydrogens (tertiary/aromatic N) is 1. The van der Waals surface area contributed by atoms with E-state index in [-0.39, 0.29) is 0 Å². The van der Waals surface area contributed by atoms with Gasteiger partial charge in [0.05, 0.1) is 5.69 Å². The van der Waals surface area contributed by atoms with Crippen molar-refractivity contribution in [2.45, 2.75) is 4.90 Å². The van der Waals surface area contributed by atoms with Gasteiger partial charge in [0.1, 0.15) is 0 Å². The summed E-state index contributed by atoms with van der Waals surface area (Å²) in [5.74, 6) is 0. The first-order valence-electron chi connectivity index (χ1n) is 3.32. The van der Waals surface area contributed by atoms with Crippen molar-refractivity contribution in [3.05, 3.63) is 23.2 Å². The molecular weight excluding hydrogens is 214 g/mol. The van der Waals surface area contributed by atoms with Crippen LogP contribution in [0.15, 0.2) is 23.1 Å². The van der Waals surface area contributed by atoms with E-state index < -0.39 is 10.0 Å². The van der Waals surface area contributed by atoms with Gasteiger partial charge in [0.25, 0.3) is 0 Å². The smallest absolute Gasteiger partial charge is 0.186 e. The monoisotopic (exact) mass is 219 g/mol. The minimum atomic E-state index is -0.981. The van der Waals surface area contributed by atoms with Crippen molar-refractivity contribution in [1.82, 2.24) is 0 Å². The van der Waals surface area contributed by atoms with Gasteiger partial charge in [-0.15, -0.1) is 0 Å². The summed E-state index contributed by atoms with van der Waals surface area (Å²) >= 11 is 5.79. The highest BCUT2D eigenvalue weighted by Gasteiger charge is 2.23. The molecule has 1 unspecified atom stereocenters. The van der Waals surface area contributed by atoms with Crippen LogP contribution in [-0.2, 0) is 10.0 Å². The molecule has 0 spiro atoms. The number of benzene rings is 1. The lowest BCUT2D eigenvalue weighted by Gasteiger charge is -2.07. The zero-order valence-corrected chi connectivity index (χ0v) is 8.67. The standard InChI is InChI=1S/C7H6ClNOS2/c1-9-6-3-2-5(8)4-7(6)11-12(9)10/h2-4H,1H3.